The van der Waals surface area contributed by atoms with Crippen molar-refractivity contribution in [2.45, 2.75) is 39.2 Å². The standard InChI is InChI=1S/C20H26N4O2/c1-2-6-17-13-18(23-22-17)20(26)24-11-9-16(10-12-24)19(25)21-14-15-7-4-3-5-8-15/h3-5,7-8,13,16H,2,6,9-12,14H2,1H3,(H,21,25)(H,22,23). The zero-order valence-corrected chi connectivity index (χ0v) is 15.2. The van der Waals surface area contributed by atoms with Crippen LogP contribution in [0.4, 0.5) is 0 Å². The Hall–Kier alpha value is -2.63. The lowest BCUT2D eigenvalue weighted by molar-refractivity contribution is -0.126. The highest BCUT2D eigenvalue weighted by Gasteiger charge is 2.28. The second-order valence-corrected chi connectivity index (χ2v) is 6.80. The Morgan fingerprint density at radius 3 is 2.65 bits per heavy atom. The SMILES string of the molecule is CCCc1cc(C(=O)N2CCC(C(=O)NCc3ccccc3)CC2)n[nH]1. The van der Waals surface area contributed by atoms with Crippen LogP contribution in [0.15, 0.2) is 36.4 Å². The predicted molar refractivity (Wildman–Crippen MR) is 99.5 cm³/mol. The number of amides is 2. The number of benzene rings is 1. The third-order valence-corrected chi connectivity index (χ3v) is 4.83. The van der Waals surface area contributed by atoms with Crippen LogP contribution in [-0.2, 0) is 17.8 Å². The Kier molecular flexibility index (Phi) is 6.04. The van der Waals surface area contributed by atoms with Gasteiger partial charge in [-0.25, -0.2) is 0 Å². The molecule has 0 aliphatic carbocycles. The van der Waals surface area contributed by atoms with E-state index in [2.05, 4.69) is 22.4 Å². The van der Waals surface area contributed by atoms with E-state index in [1.54, 1.807) is 4.90 Å². The maximum absolute atomic E-state index is 12.5. The molecule has 2 aromatic rings. The third kappa shape index (κ3) is 4.50. The van der Waals surface area contributed by atoms with Gasteiger partial charge in [0.1, 0.15) is 5.69 Å². The van der Waals surface area contributed by atoms with E-state index in [-0.39, 0.29) is 17.7 Å². The number of H-pyrrole nitrogens is 1. The van der Waals surface area contributed by atoms with Crippen molar-refractivity contribution in [2.75, 3.05) is 13.1 Å². The Balaban J connectivity index is 1.47. The number of nitrogens with zero attached hydrogens (tertiary/aromatic N) is 2. The van der Waals surface area contributed by atoms with E-state index >= 15 is 0 Å². The molecule has 2 N–H and O–H groups in total. The van der Waals surface area contributed by atoms with E-state index in [0.29, 0.717) is 38.2 Å². The zero-order chi connectivity index (χ0) is 18.4. The van der Waals surface area contributed by atoms with E-state index in [1.807, 2.05) is 36.4 Å². The molecule has 26 heavy (non-hydrogen) atoms. The topological polar surface area (TPSA) is 78.1 Å². The Morgan fingerprint density at radius 2 is 1.96 bits per heavy atom. The lowest BCUT2D eigenvalue weighted by Gasteiger charge is -2.30. The summed E-state index contributed by atoms with van der Waals surface area (Å²) in [6, 6.07) is 11.7. The summed E-state index contributed by atoms with van der Waals surface area (Å²) in [6.45, 7) is 3.83. The lowest BCUT2D eigenvalue weighted by Crippen LogP contribution is -2.43. The van der Waals surface area contributed by atoms with Crippen LogP contribution in [-0.4, -0.2) is 40.0 Å². The van der Waals surface area contributed by atoms with Crippen LogP contribution in [0.3, 0.4) is 0 Å². The molecule has 0 atom stereocenters. The quantitative estimate of drug-likeness (QED) is 0.837. The number of likely N-dealkylation sites (tertiary alicyclic amines) is 1. The normalized spacial score (nSPS) is 15.0. The molecule has 1 fully saturated rings. The van der Waals surface area contributed by atoms with Gasteiger partial charge in [-0.15, -0.1) is 0 Å². The van der Waals surface area contributed by atoms with Crippen molar-refractivity contribution in [2.24, 2.45) is 5.92 Å². The number of aromatic amines is 1. The third-order valence-electron chi connectivity index (χ3n) is 4.83. The van der Waals surface area contributed by atoms with Gasteiger partial charge < -0.3 is 10.2 Å². The van der Waals surface area contributed by atoms with Gasteiger partial charge in [-0.05, 0) is 30.9 Å². The van der Waals surface area contributed by atoms with Gasteiger partial charge in [-0.2, -0.15) is 5.10 Å². The van der Waals surface area contributed by atoms with Crippen molar-refractivity contribution in [3.05, 3.63) is 53.3 Å². The number of nitrogens with one attached hydrogen (secondary N) is 2. The van der Waals surface area contributed by atoms with Crippen LogP contribution >= 0.6 is 0 Å². The highest BCUT2D eigenvalue weighted by Crippen LogP contribution is 2.19. The fourth-order valence-corrected chi connectivity index (χ4v) is 3.30. The van der Waals surface area contributed by atoms with Gasteiger partial charge in [0, 0.05) is 31.2 Å². The maximum atomic E-state index is 12.5. The largest absolute Gasteiger partial charge is 0.352 e. The summed E-state index contributed by atoms with van der Waals surface area (Å²) >= 11 is 0. The number of aromatic nitrogens is 2. The summed E-state index contributed by atoms with van der Waals surface area (Å²) in [7, 11) is 0. The predicted octanol–water partition coefficient (Wildman–Crippen LogP) is 2.53. The Labute approximate surface area is 154 Å². The summed E-state index contributed by atoms with van der Waals surface area (Å²) < 4.78 is 0. The molecule has 1 aliphatic heterocycles. The molecule has 0 spiro atoms. The average Bonchev–Trinajstić information content (AvgIpc) is 3.15. The molecule has 0 bridgehead atoms. The number of carbonyl (C=O) groups excluding carboxylic acids is 2. The van der Waals surface area contributed by atoms with Crippen LogP contribution in [0.1, 0.15) is 47.9 Å². The fraction of sp³-hybridized carbons (Fsp3) is 0.450. The fourth-order valence-electron chi connectivity index (χ4n) is 3.30. The minimum Gasteiger partial charge on any atom is -0.352 e. The van der Waals surface area contributed by atoms with Crippen molar-refractivity contribution < 1.29 is 9.59 Å². The van der Waals surface area contributed by atoms with Crippen LogP contribution in [0.5, 0.6) is 0 Å². The van der Waals surface area contributed by atoms with Crippen molar-refractivity contribution in [3.63, 3.8) is 0 Å². The summed E-state index contributed by atoms with van der Waals surface area (Å²) in [5, 5.41) is 10.1. The van der Waals surface area contributed by atoms with Crippen molar-refractivity contribution in [1.82, 2.24) is 20.4 Å². The van der Waals surface area contributed by atoms with Crippen LogP contribution in [0.2, 0.25) is 0 Å². The number of hydrogen-bond acceptors (Lipinski definition) is 3. The molecule has 6 nitrogen and oxygen atoms in total. The smallest absolute Gasteiger partial charge is 0.274 e. The monoisotopic (exact) mass is 354 g/mol. The van der Waals surface area contributed by atoms with Crippen molar-refractivity contribution >= 4 is 11.8 Å². The first-order chi connectivity index (χ1) is 12.7. The van der Waals surface area contributed by atoms with Gasteiger partial charge in [-0.1, -0.05) is 43.7 Å². The maximum Gasteiger partial charge on any atom is 0.274 e. The molecule has 1 aromatic heterocycles. The van der Waals surface area contributed by atoms with Gasteiger partial charge in [0.25, 0.3) is 5.91 Å². The number of rotatable bonds is 6. The van der Waals surface area contributed by atoms with E-state index in [1.165, 1.54) is 0 Å². The summed E-state index contributed by atoms with van der Waals surface area (Å²) in [6.07, 6.45) is 3.29. The Morgan fingerprint density at radius 1 is 1.23 bits per heavy atom. The first-order valence-corrected chi connectivity index (χ1v) is 9.32. The van der Waals surface area contributed by atoms with E-state index in [0.717, 1.165) is 24.1 Å². The van der Waals surface area contributed by atoms with E-state index in [9.17, 15) is 9.59 Å². The molecule has 138 valence electrons. The van der Waals surface area contributed by atoms with E-state index in [4.69, 9.17) is 0 Å². The first-order valence-electron chi connectivity index (χ1n) is 9.32. The lowest BCUT2D eigenvalue weighted by atomic mass is 9.95. The van der Waals surface area contributed by atoms with Crippen molar-refractivity contribution in [1.29, 1.82) is 0 Å². The van der Waals surface area contributed by atoms with Crippen LogP contribution in [0, 0.1) is 5.92 Å². The Bertz CT molecular complexity index is 733. The number of carbonyl (C=O) groups is 2. The molecular weight excluding hydrogens is 328 g/mol. The molecule has 1 aromatic carbocycles. The second kappa shape index (κ2) is 8.65. The van der Waals surface area contributed by atoms with Crippen LogP contribution < -0.4 is 5.32 Å². The summed E-state index contributed by atoms with van der Waals surface area (Å²) in [4.78, 5) is 26.7. The molecule has 6 heteroatoms. The number of hydrogen-bond donors (Lipinski definition) is 2. The summed E-state index contributed by atoms with van der Waals surface area (Å²) in [5.41, 5.74) is 2.56. The molecular formula is C20H26N4O2. The van der Waals surface area contributed by atoms with Gasteiger partial charge in [0.15, 0.2) is 0 Å². The molecule has 2 amide bonds. The minimum absolute atomic E-state index is 0.0300. The molecule has 1 aliphatic rings. The molecule has 0 radical (unpaired) electrons. The first kappa shape index (κ1) is 18.2. The van der Waals surface area contributed by atoms with Gasteiger partial charge in [-0.3, -0.25) is 14.7 Å². The highest BCUT2D eigenvalue weighted by molar-refractivity contribution is 5.92. The van der Waals surface area contributed by atoms with Gasteiger partial charge in [0.2, 0.25) is 5.91 Å². The van der Waals surface area contributed by atoms with Gasteiger partial charge >= 0.3 is 0 Å². The number of aryl methyl sites for hydroxylation is 1. The highest BCUT2D eigenvalue weighted by atomic mass is 16.2. The average molecular weight is 354 g/mol. The molecule has 0 unspecified atom stereocenters. The van der Waals surface area contributed by atoms with Gasteiger partial charge in [0.05, 0.1) is 0 Å². The minimum atomic E-state index is -0.0493. The second-order valence-electron chi connectivity index (χ2n) is 6.80. The zero-order valence-electron chi connectivity index (χ0n) is 15.2. The molecule has 0 saturated carbocycles. The number of piperidine rings is 1. The van der Waals surface area contributed by atoms with Crippen LogP contribution in [0.25, 0.3) is 0 Å². The molecule has 1 saturated heterocycles. The van der Waals surface area contributed by atoms with E-state index < -0.39 is 0 Å². The molecule has 2 heterocycles. The van der Waals surface area contributed by atoms with Crippen molar-refractivity contribution in [3.8, 4) is 0 Å². The molecule has 3 rings (SSSR count). The summed E-state index contributed by atoms with van der Waals surface area (Å²) in [5.74, 6) is -0.00435.